The van der Waals surface area contributed by atoms with Crippen molar-refractivity contribution < 1.29 is 14.3 Å². The molecule has 0 aliphatic carbocycles. The summed E-state index contributed by atoms with van der Waals surface area (Å²) in [5.74, 6) is -0.395. The maximum atomic E-state index is 13.1. The van der Waals surface area contributed by atoms with E-state index in [1.54, 1.807) is 31.6 Å². The van der Waals surface area contributed by atoms with Crippen molar-refractivity contribution in [1.29, 1.82) is 0 Å². The first-order valence-electron chi connectivity index (χ1n) is 12.8. The minimum Gasteiger partial charge on any atom is -0.383 e. The number of likely N-dealkylation sites (tertiary alicyclic amines) is 1. The van der Waals surface area contributed by atoms with Crippen LogP contribution in [0.5, 0.6) is 0 Å². The van der Waals surface area contributed by atoms with E-state index < -0.39 is 0 Å². The summed E-state index contributed by atoms with van der Waals surface area (Å²) < 4.78 is 6.92. The molecule has 0 atom stereocenters. The molecule has 0 bridgehead atoms. The van der Waals surface area contributed by atoms with Gasteiger partial charge < -0.3 is 20.4 Å². The molecule has 0 unspecified atom stereocenters. The van der Waals surface area contributed by atoms with Crippen LogP contribution in [-0.4, -0.2) is 74.8 Å². The topological polar surface area (TPSA) is 130 Å². The van der Waals surface area contributed by atoms with E-state index in [4.69, 9.17) is 4.74 Å². The van der Waals surface area contributed by atoms with Gasteiger partial charge in [-0.25, -0.2) is 4.98 Å². The number of methoxy groups -OCH3 is 1. The lowest BCUT2D eigenvalue weighted by atomic mass is 10.1. The number of pyridine rings is 2. The Morgan fingerprint density at radius 3 is 2.71 bits per heavy atom. The van der Waals surface area contributed by atoms with Gasteiger partial charge in [0.15, 0.2) is 0 Å². The van der Waals surface area contributed by atoms with E-state index in [1.807, 2.05) is 23.9 Å². The molecule has 4 aromatic heterocycles. The van der Waals surface area contributed by atoms with Crippen molar-refractivity contribution in [2.45, 2.75) is 32.7 Å². The van der Waals surface area contributed by atoms with Crippen molar-refractivity contribution in [3.8, 4) is 11.3 Å². The number of aryl methyl sites for hydroxylation is 1. The summed E-state index contributed by atoms with van der Waals surface area (Å²) in [5.41, 5.74) is 4.60. The second-order valence-corrected chi connectivity index (χ2v) is 9.53. The maximum Gasteiger partial charge on any atom is 0.257 e. The third kappa shape index (κ3) is 6.06. The molecule has 1 aliphatic rings. The number of nitrogens with one attached hydrogen (secondary N) is 3. The minimum atomic E-state index is -0.309. The maximum absolute atomic E-state index is 13.1. The van der Waals surface area contributed by atoms with E-state index in [2.05, 4.69) is 35.6 Å². The number of nitrogens with zero attached hydrogens (tertiary/aromatic N) is 5. The molecule has 11 heteroatoms. The summed E-state index contributed by atoms with van der Waals surface area (Å²) in [4.78, 5) is 39.8. The Balaban J connectivity index is 1.26. The second kappa shape index (κ2) is 11.5. The number of piperidine rings is 1. The number of aromatic nitrogens is 5. The molecular formula is C27H32N8O3. The summed E-state index contributed by atoms with van der Waals surface area (Å²) in [6.07, 6.45) is 10.3. The molecule has 11 nitrogen and oxygen atoms in total. The van der Waals surface area contributed by atoms with Crippen molar-refractivity contribution in [2.75, 3.05) is 44.0 Å². The van der Waals surface area contributed by atoms with E-state index in [-0.39, 0.29) is 11.8 Å². The molecule has 0 saturated carbocycles. The van der Waals surface area contributed by atoms with Gasteiger partial charge in [-0.2, -0.15) is 5.10 Å². The van der Waals surface area contributed by atoms with Crippen molar-refractivity contribution in [3.05, 3.63) is 54.2 Å². The third-order valence-corrected chi connectivity index (χ3v) is 6.64. The van der Waals surface area contributed by atoms with Gasteiger partial charge in [-0.3, -0.25) is 24.2 Å². The molecule has 1 saturated heterocycles. The van der Waals surface area contributed by atoms with Gasteiger partial charge in [-0.1, -0.05) is 6.42 Å². The van der Waals surface area contributed by atoms with Crippen LogP contribution in [0, 0.1) is 6.92 Å². The quantitative estimate of drug-likeness (QED) is 0.311. The predicted octanol–water partition coefficient (Wildman–Crippen LogP) is 3.45. The van der Waals surface area contributed by atoms with Crippen LogP contribution in [0.25, 0.3) is 22.3 Å². The SMILES string of the molecule is COCCn1cc(-c2cc3cc(C(=O)Nc4cc(NC(=O)CN5CCCCC5)cnc4C)cnc3[nH]2)cn1. The number of ether oxygens (including phenoxy) is 1. The van der Waals surface area contributed by atoms with Crippen LogP contribution in [0.2, 0.25) is 0 Å². The fourth-order valence-electron chi connectivity index (χ4n) is 4.55. The number of aromatic amines is 1. The lowest BCUT2D eigenvalue weighted by molar-refractivity contribution is -0.117. The van der Waals surface area contributed by atoms with Crippen LogP contribution < -0.4 is 10.6 Å². The molecule has 5 heterocycles. The van der Waals surface area contributed by atoms with Crippen LogP contribution in [0.3, 0.4) is 0 Å². The first-order valence-corrected chi connectivity index (χ1v) is 12.8. The highest BCUT2D eigenvalue weighted by molar-refractivity contribution is 6.06. The van der Waals surface area contributed by atoms with Gasteiger partial charge in [0.05, 0.1) is 60.4 Å². The number of rotatable bonds is 9. The van der Waals surface area contributed by atoms with E-state index in [0.717, 1.165) is 42.6 Å². The molecule has 4 aromatic rings. The van der Waals surface area contributed by atoms with Gasteiger partial charge in [-0.05, 0) is 51.1 Å². The highest BCUT2D eigenvalue weighted by Crippen LogP contribution is 2.24. The first kappa shape index (κ1) is 25.6. The zero-order valence-electron chi connectivity index (χ0n) is 21.7. The van der Waals surface area contributed by atoms with Gasteiger partial charge in [-0.15, -0.1) is 0 Å². The smallest absolute Gasteiger partial charge is 0.257 e. The predicted molar refractivity (Wildman–Crippen MR) is 145 cm³/mol. The van der Waals surface area contributed by atoms with Crippen LogP contribution >= 0.6 is 0 Å². The van der Waals surface area contributed by atoms with E-state index in [0.29, 0.717) is 48.0 Å². The van der Waals surface area contributed by atoms with E-state index in [1.165, 1.54) is 12.6 Å². The number of hydrogen-bond donors (Lipinski definition) is 3. The highest BCUT2D eigenvalue weighted by Gasteiger charge is 2.16. The number of carbonyl (C=O) groups is 2. The second-order valence-electron chi connectivity index (χ2n) is 9.53. The zero-order chi connectivity index (χ0) is 26.5. The number of fused-ring (bicyclic) bond motifs is 1. The average molecular weight is 517 g/mol. The molecule has 1 fully saturated rings. The Hall–Kier alpha value is -4.09. The summed E-state index contributed by atoms with van der Waals surface area (Å²) in [6.45, 7) is 5.29. The highest BCUT2D eigenvalue weighted by atomic mass is 16.5. The fraction of sp³-hybridized carbons (Fsp3) is 0.370. The van der Waals surface area contributed by atoms with Gasteiger partial charge >= 0.3 is 0 Å². The number of amides is 2. The Bertz CT molecular complexity index is 1440. The Labute approximate surface area is 220 Å². The average Bonchev–Trinajstić information content (AvgIpc) is 3.56. The van der Waals surface area contributed by atoms with Crippen molar-refractivity contribution in [1.82, 2.24) is 29.6 Å². The molecule has 0 spiro atoms. The summed E-state index contributed by atoms with van der Waals surface area (Å²) in [7, 11) is 1.66. The number of carbonyl (C=O) groups excluding carboxylic acids is 2. The largest absolute Gasteiger partial charge is 0.383 e. The molecule has 5 rings (SSSR count). The monoisotopic (exact) mass is 516 g/mol. The van der Waals surface area contributed by atoms with Crippen molar-refractivity contribution >= 4 is 34.2 Å². The zero-order valence-corrected chi connectivity index (χ0v) is 21.7. The van der Waals surface area contributed by atoms with E-state index in [9.17, 15) is 9.59 Å². The molecule has 0 radical (unpaired) electrons. The summed E-state index contributed by atoms with van der Waals surface area (Å²) in [5, 5.41) is 11.0. The normalized spacial score (nSPS) is 14.1. The van der Waals surface area contributed by atoms with Gasteiger partial charge in [0.1, 0.15) is 5.65 Å². The Morgan fingerprint density at radius 2 is 1.89 bits per heavy atom. The number of H-pyrrole nitrogens is 1. The Morgan fingerprint density at radius 1 is 1.05 bits per heavy atom. The molecular weight excluding hydrogens is 484 g/mol. The standard InChI is InChI=1S/C27H32N8O3/c1-18-23(12-22(15-28-18)31-25(36)17-34-6-4-3-5-7-34)33-27(37)20-10-19-11-24(32-26(19)29-13-20)21-14-30-35(16-21)8-9-38-2/h10-16H,3-9,17H2,1-2H3,(H,29,32)(H,31,36)(H,33,37). The first-order chi connectivity index (χ1) is 18.5. The van der Waals surface area contributed by atoms with Crippen LogP contribution in [-0.2, 0) is 16.1 Å². The van der Waals surface area contributed by atoms with Gasteiger partial charge in [0.25, 0.3) is 5.91 Å². The van der Waals surface area contributed by atoms with Crippen LogP contribution in [0.4, 0.5) is 11.4 Å². The number of hydrogen-bond acceptors (Lipinski definition) is 7. The molecule has 2 amide bonds. The molecule has 1 aliphatic heterocycles. The number of anilines is 2. The summed E-state index contributed by atoms with van der Waals surface area (Å²) in [6, 6.07) is 5.47. The Kier molecular flexibility index (Phi) is 7.75. The molecule has 38 heavy (non-hydrogen) atoms. The molecule has 198 valence electrons. The lowest BCUT2D eigenvalue weighted by Gasteiger charge is -2.25. The van der Waals surface area contributed by atoms with Crippen LogP contribution in [0.1, 0.15) is 35.3 Å². The fourth-order valence-corrected chi connectivity index (χ4v) is 4.55. The summed E-state index contributed by atoms with van der Waals surface area (Å²) >= 11 is 0. The van der Waals surface area contributed by atoms with Crippen molar-refractivity contribution in [3.63, 3.8) is 0 Å². The van der Waals surface area contributed by atoms with Gasteiger partial charge in [0, 0.05) is 30.5 Å². The lowest BCUT2D eigenvalue weighted by Crippen LogP contribution is -2.36. The minimum absolute atomic E-state index is 0.0861. The molecule has 0 aromatic carbocycles. The van der Waals surface area contributed by atoms with Crippen molar-refractivity contribution in [2.24, 2.45) is 0 Å². The van der Waals surface area contributed by atoms with E-state index >= 15 is 0 Å². The van der Waals surface area contributed by atoms with Crippen LogP contribution in [0.15, 0.2) is 43.0 Å². The van der Waals surface area contributed by atoms with Gasteiger partial charge in [0.2, 0.25) is 5.91 Å². The molecule has 3 N–H and O–H groups in total. The third-order valence-electron chi connectivity index (χ3n) is 6.64.